The third-order valence-corrected chi connectivity index (χ3v) is 6.91. The highest BCUT2D eigenvalue weighted by Crippen LogP contribution is 2.42. The van der Waals surface area contributed by atoms with Crippen LogP contribution < -0.4 is 10.6 Å². The van der Waals surface area contributed by atoms with Gasteiger partial charge in [-0.2, -0.15) is 26.3 Å². The van der Waals surface area contributed by atoms with E-state index < -0.39 is 90.7 Å². The predicted molar refractivity (Wildman–Crippen MR) is 125 cm³/mol. The Balaban J connectivity index is 1.71. The molecule has 2 aromatic heterocycles. The fourth-order valence-electron chi connectivity index (χ4n) is 4.83. The highest BCUT2D eigenvalue weighted by atomic mass is 19.4. The summed E-state index contributed by atoms with van der Waals surface area (Å²) < 4.78 is 125. The maximum atomic E-state index is 15.6. The standard InChI is InChI=1S/C24H23F9N6O3/c1-10-16(39-42-38-10)21(41)37-17(11-4-6-22(26,27)7-5-11)19-35-14-3-2-12(15(25)18(14)36-19)13(8-23(28,29)30)20(40)34-9-24(31,32)33/h2-3,11,13,17H,4-9H2,1H3,(H,34,40)(H,35,36)(H,37,41)/t13-,17-/m0/s1. The number of imidazole rings is 1. The van der Waals surface area contributed by atoms with Gasteiger partial charge in [0.15, 0.2) is 11.5 Å². The van der Waals surface area contributed by atoms with Crippen LogP contribution in [0.5, 0.6) is 0 Å². The van der Waals surface area contributed by atoms with Gasteiger partial charge in [-0.25, -0.2) is 22.8 Å². The molecule has 0 saturated heterocycles. The van der Waals surface area contributed by atoms with Crippen molar-refractivity contribution < 1.29 is 53.7 Å². The van der Waals surface area contributed by atoms with Gasteiger partial charge in [0.2, 0.25) is 11.8 Å². The van der Waals surface area contributed by atoms with Crippen LogP contribution in [0.2, 0.25) is 0 Å². The topological polar surface area (TPSA) is 126 Å². The number of carbonyl (C=O) groups is 2. The van der Waals surface area contributed by atoms with E-state index in [0.29, 0.717) is 0 Å². The molecule has 1 aliphatic carbocycles. The minimum absolute atomic E-state index is 0.0776. The first-order valence-corrected chi connectivity index (χ1v) is 12.5. The van der Waals surface area contributed by atoms with Crippen LogP contribution in [0.15, 0.2) is 16.8 Å². The highest BCUT2D eigenvalue weighted by Gasteiger charge is 2.41. The number of carbonyl (C=O) groups excluding carboxylic acids is 2. The first-order chi connectivity index (χ1) is 19.4. The predicted octanol–water partition coefficient (Wildman–Crippen LogP) is 5.40. The van der Waals surface area contributed by atoms with Gasteiger partial charge in [-0.1, -0.05) is 11.2 Å². The van der Waals surface area contributed by atoms with E-state index in [2.05, 4.69) is 30.2 Å². The molecule has 3 aromatic rings. The van der Waals surface area contributed by atoms with Crippen molar-refractivity contribution in [1.82, 2.24) is 30.9 Å². The molecule has 1 aromatic carbocycles. The van der Waals surface area contributed by atoms with Crippen molar-refractivity contribution in [2.45, 2.75) is 69.3 Å². The Labute approximate surface area is 230 Å². The van der Waals surface area contributed by atoms with Crippen molar-refractivity contribution in [2.24, 2.45) is 5.92 Å². The molecule has 4 rings (SSSR count). The van der Waals surface area contributed by atoms with Gasteiger partial charge in [0, 0.05) is 18.4 Å². The van der Waals surface area contributed by atoms with Gasteiger partial charge in [0.1, 0.15) is 23.6 Å². The van der Waals surface area contributed by atoms with Gasteiger partial charge in [0.05, 0.1) is 23.9 Å². The second-order valence-electron chi connectivity index (χ2n) is 10.0. The number of hydrogen-bond donors (Lipinski definition) is 3. The van der Waals surface area contributed by atoms with Crippen molar-refractivity contribution >= 4 is 22.8 Å². The number of H-pyrrole nitrogens is 1. The highest BCUT2D eigenvalue weighted by molar-refractivity contribution is 5.93. The number of rotatable bonds is 8. The molecular weight excluding hydrogens is 591 g/mol. The summed E-state index contributed by atoms with van der Waals surface area (Å²) in [6.45, 7) is -0.513. The lowest BCUT2D eigenvalue weighted by atomic mass is 9.81. The van der Waals surface area contributed by atoms with Crippen LogP contribution in [0.4, 0.5) is 39.5 Å². The number of hydrogen-bond acceptors (Lipinski definition) is 6. The Bertz CT molecular complexity index is 1440. The molecule has 1 saturated carbocycles. The maximum absolute atomic E-state index is 15.6. The number of benzene rings is 1. The van der Waals surface area contributed by atoms with E-state index in [-0.39, 0.29) is 35.6 Å². The van der Waals surface area contributed by atoms with Crippen molar-refractivity contribution in [1.29, 1.82) is 0 Å². The zero-order valence-corrected chi connectivity index (χ0v) is 21.6. The van der Waals surface area contributed by atoms with Gasteiger partial charge >= 0.3 is 12.4 Å². The molecule has 0 spiro atoms. The minimum Gasteiger partial charge on any atom is -0.346 e. The van der Waals surface area contributed by atoms with Gasteiger partial charge in [-0.3, -0.25) is 9.59 Å². The lowest BCUT2D eigenvalue weighted by Crippen LogP contribution is -2.38. The molecule has 0 radical (unpaired) electrons. The summed E-state index contributed by atoms with van der Waals surface area (Å²) in [5.74, 6) is -10.0. The van der Waals surface area contributed by atoms with Crippen LogP contribution in [0.1, 0.15) is 71.6 Å². The molecule has 1 fully saturated rings. The largest absolute Gasteiger partial charge is 0.405 e. The van der Waals surface area contributed by atoms with Gasteiger partial charge in [0.25, 0.3) is 5.91 Å². The van der Waals surface area contributed by atoms with Gasteiger partial charge in [-0.05, 0) is 36.9 Å². The Morgan fingerprint density at radius 1 is 1.10 bits per heavy atom. The molecule has 2 amide bonds. The minimum atomic E-state index is -5.05. The number of aromatic nitrogens is 4. The van der Waals surface area contributed by atoms with Crippen molar-refractivity contribution in [2.75, 3.05) is 6.54 Å². The zero-order chi connectivity index (χ0) is 31.0. The number of aromatic amines is 1. The molecule has 0 unspecified atom stereocenters. The zero-order valence-electron chi connectivity index (χ0n) is 21.6. The molecule has 1 aliphatic rings. The molecule has 2 heterocycles. The van der Waals surface area contributed by atoms with Crippen molar-refractivity contribution in [3.05, 3.63) is 40.7 Å². The van der Waals surface area contributed by atoms with E-state index in [1.165, 1.54) is 12.2 Å². The summed E-state index contributed by atoms with van der Waals surface area (Å²) in [6, 6.07) is 0.758. The average Bonchev–Trinajstić information content (AvgIpc) is 3.51. The molecule has 9 nitrogen and oxygen atoms in total. The van der Waals surface area contributed by atoms with Crippen LogP contribution >= 0.6 is 0 Å². The summed E-state index contributed by atoms with van der Waals surface area (Å²) >= 11 is 0. The van der Waals surface area contributed by atoms with Crippen LogP contribution in [0.25, 0.3) is 11.0 Å². The van der Waals surface area contributed by atoms with Crippen LogP contribution in [0, 0.1) is 18.7 Å². The van der Waals surface area contributed by atoms with Crippen LogP contribution in [0.3, 0.4) is 0 Å². The fraction of sp³-hybridized carbons (Fsp3) is 0.542. The molecule has 42 heavy (non-hydrogen) atoms. The summed E-state index contributed by atoms with van der Waals surface area (Å²) in [6.07, 6.45) is -13.1. The van der Waals surface area contributed by atoms with E-state index in [4.69, 9.17) is 0 Å². The number of fused-ring (bicyclic) bond motifs is 1. The van der Waals surface area contributed by atoms with E-state index in [0.717, 1.165) is 12.1 Å². The van der Waals surface area contributed by atoms with Gasteiger partial charge in [-0.15, -0.1) is 0 Å². The Morgan fingerprint density at radius 3 is 2.33 bits per heavy atom. The van der Waals surface area contributed by atoms with E-state index in [1.807, 2.05) is 0 Å². The monoisotopic (exact) mass is 614 g/mol. The third kappa shape index (κ3) is 7.31. The Hall–Kier alpha value is -3.86. The molecular formula is C24H23F9N6O3. The van der Waals surface area contributed by atoms with Crippen molar-refractivity contribution in [3.63, 3.8) is 0 Å². The third-order valence-electron chi connectivity index (χ3n) is 6.91. The van der Waals surface area contributed by atoms with E-state index in [1.54, 1.807) is 0 Å². The van der Waals surface area contributed by atoms with Crippen LogP contribution in [-0.4, -0.2) is 56.9 Å². The fourth-order valence-corrected chi connectivity index (χ4v) is 4.83. The molecule has 18 heteroatoms. The Kier molecular flexibility index (Phi) is 8.46. The lowest BCUT2D eigenvalue weighted by molar-refractivity contribution is -0.152. The Morgan fingerprint density at radius 2 is 1.76 bits per heavy atom. The lowest BCUT2D eigenvalue weighted by Gasteiger charge is -2.33. The molecule has 230 valence electrons. The van der Waals surface area contributed by atoms with Gasteiger partial charge < -0.3 is 15.6 Å². The summed E-state index contributed by atoms with van der Waals surface area (Å²) in [4.78, 5) is 32.0. The number of halogens is 9. The number of aryl methyl sites for hydroxylation is 1. The molecule has 0 bridgehead atoms. The number of nitrogens with one attached hydrogen (secondary N) is 3. The first kappa shape index (κ1) is 31.1. The SMILES string of the molecule is Cc1nonc1C(=O)N[C@H](c1nc2c(F)c([C@H](CC(F)(F)F)C(=O)NCC(F)(F)F)ccc2[nH]1)C1CCC(F)(F)CC1. The second kappa shape index (κ2) is 11.4. The number of nitrogens with zero attached hydrogens (tertiary/aromatic N) is 3. The first-order valence-electron chi connectivity index (χ1n) is 12.5. The van der Waals surface area contributed by atoms with E-state index in [9.17, 15) is 44.7 Å². The summed E-state index contributed by atoms with van der Waals surface area (Å²) in [5.41, 5.74) is -1.63. The number of amides is 2. The molecule has 2 atom stereocenters. The van der Waals surface area contributed by atoms with Crippen LogP contribution in [-0.2, 0) is 4.79 Å². The average molecular weight is 614 g/mol. The normalized spacial score (nSPS) is 17.7. The maximum Gasteiger partial charge on any atom is 0.405 e. The summed E-state index contributed by atoms with van der Waals surface area (Å²) in [5, 5.41) is 10.9. The molecule has 3 N–H and O–H groups in total. The van der Waals surface area contributed by atoms with E-state index >= 15 is 4.39 Å². The van der Waals surface area contributed by atoms with Crippen molar-refractivity contribution in [3.8, 4) is 0 Å². The number of alkyl halides is 8. The molecule has 0 aliphatic heterocycles. The quantitative estimate of drug-likeness (QED) is 0.292. The second-order valence-corrected chi connectivity index (χ2v) is 10.0. The summed E-state index contributed by atoms with van der Waals surface area (Å²) in [7, 11) is 0. The smallest absolute Gasteiger partial charge is 0.346 e.